The fourth-order valence-corrected chi connectivity index (χ4v) is 1.07. The van der Waals surface area contributed by atoms with Crippen LogP contribution in [0.25, 0.3) is 0 Å². The van der Waals surface area contributed by atoms with Crippen molar-refractivity contribution in [2.75, 3.05) is 6.61 Å². The monoisotopic (exact) mass is 181 g/mol. The van der Waals surface area contributed by atoms with E-state index in [0.717, 1.165) is 24.2 Å². The Morgan fingerprint density at radius 2 is 2.31 bits per heavy atom. The van der Waals surface area contributed by atoms with E-state index in [9.17, 15) is 4.91 Å². The predicted octanol–water partition coefficient (Wildman–Crippen LogP) is 2.78. The van der Waals surface area contributed by atoms with Crippen molar-refractivity contribution in [3.63, 3.8) is 0 Å². The summed E-state index contributed by atoms with van der Waals surface area (Å²) in [5.41, 5.74) is 0.452. The highest BCUT2D eigenvalue weighted by molar-refractivity contribution is 5.19. The average molecular weight is 181 g/mol. The second-order valence-electron chi connectivity index (χ2n) is 3.54. The van der Waals surface area contributed by atoms with Gasteiger partial charge in [0.25, 0.3) is 0 Å². The number of allylic oxidation sites excluding steroid dienone is 2. The lowest BCUT2D eigenvalue weighted by molar-refractivity contribution is 0.193. The number of nitroso groups, excluding NO2 is 1. The maximum Gasteiger partial charge on any atom is 0.137 e. The first-order chi connectivity index (χ1) is 6.13. The van der Waals surface area contributed by atoms with Gasteiger partial charge in [-0.15, -0.1) is 0 Å². The summed E-state index contributed by atoms with van der Waals surface area (Å²) in [6, 6.07) is 0. The largest absolute Gasteiger partial charge is 0.491 e. The number of nitrogens with zero attached hydrogens (tertiary/aromatic N) is 1. The van der Waals surface area contributed by atoms with Crippen LogP contribution in [0.5, 0.6) is 0 Å². The summed E-state index contributed by atoms with van der Waals surface area (Å²) < 4.78 is 5.44. The van der Waals surface area contributed by atoms with Crippen LogP contribution >= 0.6 is 0 Å². The van der Waals surface area contributed by atoms with Gasteiger partial charge in [-0.25, -0.2) is 0 Å². The first kappa shape index (κ1) is 9.96. The van der Waals surface area contributed by atoms with Gasteiger partial charge in [-0.1, -0.05) is 11.8 Å². The van der Waals surface area contributed by atoms with Crippen molar-refractivity contribution in [2.24, 2.45) is 5.18 Å². The molecular formula is C10H15NO2. The van der Waals surface area contributed by atoms with Crippen LogP contribution in [-0.2, 0) is 4.74 Å². The van der Waals surface area contributed by atoms with Crippen LogP contribution in [0.2, 0.25) is 0 Å². The van der Waals surface area contributed by atoms with Crippen molar-refractivity contribution in [3.8, 4) is 0 Å². The topological polar surface area (TPSA) is 38.7 Å². The van der Waals surface area contributed by atoms with E-state index in [4.69, 9.17) is 4.74 Å². The van der Waals surface area contributed by atoms with E-state index in [0.29, 0.717) is 6.61 Å². The van der Waals surface area contributed by atoms with E-state index in [1.54, 1.807) is 0 Å². The third kappa shape index (κ3) is 2.41. The minimum atomic E-state index is -0.427. The minimum absolute atomic E-state index is 0.392. The maximum absolute atomic E-state index is 10.4. The second kappa shape index (κ2) is 3.73. The van der Waals surface area contributed by atoms with E-state index in [-0.39, 0.29) is 0 Å². The molecule has 72 valence electrons. The molecule has 0 spiro atoms. The molecule has 1 saturated carbocycles. The molecular weight excluding hydrogens is 166 g/mol. The van der Waals surface area contributed by atoms with Crippen LogP contribution < -0.4 is 0 Å². The summed E-state index contributed by atoms with van der Waals surface area (Å²) >= 11 is 0. The highest BCUT2D eigenvalue weighted by Gasteiger charge is 2.46. The number of hydrogen-bond acceptors (Lipinski definition) is 3. The van der Waals surface area contributed by atoms with E-state index >= 15 is 0 Å². The molecule has 0 aromatic carbocycles. The van der Waals surface area contributed by atoms with Crippen LogP contribution in [0.15, 0.2) is 29.2 Å². The third-order valence-corrected chi connectivity index (χ3v) is 2.20. The van der Waals surface area contributed by atoms with Gasteiger partial charge in [0.2, 0.25) is 0 Å². The predicted molar refractivity (Wildman–Crippen MR) is 52.3 cm³/mol. The van der Waals surface area contributed by atoms with Gasteiger partial charge in [-0.3, -0.25) is 0 Å². The summed E-state index contributed by atoms with van der Waals surface area (Å²) in [4.78, 5) is 10.4. The molecule has 0 aromatic heterocycles. The molecule has 13 heavy (non-hydrogen) atoms. The molecule has 0 aliphatic heterocycles. The third-order valence-electron chi connectivity index (χ3n) is 2.20. The van der Waals surface area contributed by atoms with Crippen LogP contribution in [0.3, 0.4) is 0 Å². The van der Waals surface area contributed by atoms with Crippen molar-refractivity contribution in [1.82, 2.24) is 0 Å². The average Bonchev–Trinajstić information content (AvgIpc) is 2.86. The summed E-state index contributed by atoms with van der Waals surface area (Å²) in [7, 11) is 0. The Labute approximate surface area is 78.4 Å². The Kier molecular flexibility index (Phi) is 2.86. The fraction of sp³-hybridized carbons (Fsp3) is 0.600. The van der Waals surface area contributed by atoms with Crippen LogP contribution in [0, 0.1) is 4.91 Å². The van der Waals surface area contributed by atoms with E-state index in [1.165, 1.54) is 0 Å². The molecule has 0 radical (unpaired) electrons. The van der Waals surface area contributed by atoms with Gasteiger partial charge in [0.15, 0.2) is 0 Å². The zero-order valence-corrected chi connectivity index (χ0v) is 8.17. The summed E-state index contributed by atoms with van der Waals surface area (Å²) in [5, 5.41) is 3.07. The van der Waals surface area contributed by atoms with Gasteiger partial charge in [-0.2, -0.15) is 4.91 Å². The van der Waals surface area contributed by atoms with E-state index in [2.05, 4.69) is 11.8 Å². The molecule has 3 nitrogen and oxygen atoms in total. The lowest BCUT2D eigenvalue weighted by Crippen LogP contribution is -2.13. The van der Waals surface area contributed by atoms with Crippen molar-refractivity contribution >= 4 is 0 Å². The SMILES string of the molecule is C=C(C)/C(=C\C)OCC1(N=O)CC1. The maximum atomic E-state index is 10.4. The molecule has 0 heterocycles. The quantitative estimate of drug-likeness (QED) is 0.371. The zero-order valence-electron chi connectivity index (χ0n) is 8.17. The normalized spacial score (nSPS) is 19.4. The van der Waals surface area contributed by atoms with Gasteiger partial charge < -0.3 is 4.74 Å². The molecule has 0 unspecified atom stereocenters. The lowest BCUT2D eigenvalue weighted by atomic mass is 10.2. The first-order valence-corrected chi connectivity index (χ1v) is 4.43. The first-order valence-electron chi connectivity index (χ1n) is 4.43. The molecule has 0 N–H and O–H groups in total. The number of hydrogen-bond donors (Lipinski definition) is 0. The minimum Gasteiger partial charge on any atom is -0.491 e. The Morgan fingerprint density at radius 1 is 1.69 bits per heavy atom. The molecule has 1 rings (SSSR count). The van der Waals surface area contributed by atoms with Gasteiger partial charge >= 0.3 is 0 Å². The van der Waals surface area contributed by atoms with Crippen molar-refractivity contribution in [1.29, 1.82) is 0 Å². The van der Waals surface area contributed by atoms with Crippen molar-refractivity contribution in [2.45, 2.75) is 32.2 Å². The lowest BCUT2D eigenvalue weighted by Gasteiger charge is -2.11. The van der Waals surface area contributed by atoms with Crippen LogP contribution in [0.4, 0.5) is 0 Å². The summed E-state index contributed by atoms with van der Waals surface area (Å²) in [6.07, 6.45) is 3.55. The van der Waals surface area contributed by atoms with Crippen molar-refractivity contribution in [3.05, 3.63) is 28.9 Å². The standard InChI is InChI=1S/C10H15NO2/c1-4-9(8(2)3)13-7-10(11-12)5-6-10/h4H,2,5-7H2,1,3H3/b9-4+. The fourth-order valence-electron chi connectivity index (χ4n) is 1.07. The second-order valence-corrected chi connectivity index (χ2v) is 3.54. The zero-order chi connectivity index (χ0) is 9.90. The number of rotatable bonds is 5. The molecule has 0 bridgehead atoms. The van der Waals surface area contributed by atoms with Crippen LogP contribution in [0.1, 0.15) is 26.7 Å². The molecule has 0 atom stereocenters. The van der Waals surface area contributed by atoms with E-state index in [1.807, 2.05) is 19.9 Å². The van der Waals surface area contributed by atoms with Gasteiger partial charge in [0, 0.05) is 0 Å². The van der Waals surface area contributed by atoms with E-state index < -0.39 is 5.54 Å². The van der Waals surface area contributed by atoms with Crippen LogP contribution in [-0.4, -0.2) is 12.1 Å². The molecule has 0 aromatic rings. The molecule has 1 fully saturated rings. The molecule has 3 heteroatoms. The molecule has 0 saturated heterocycles. The molecule has 1 aliphatic rings. The Balaban J connectivity index is 2.41. The van der Waals surface area contributed by atoms with Gasteiger partial charge in [-0.05, 0) is 38.3 Å². The Morgan fingerprint density at radius 3 is 2.62 bits per heavy atom. The highest BCUT2D eigenvalue weighted by atomic mass is 16.5. The Bertz CT molecular complexity index is 252. The summed E-state index contributed by atoms with van der Waals surface area (Å²) in [6.45, 7) is 7.93. The summed E-state index contributed by atoms with van der Waals surface area (Å²) in [5.74, 6) is 0.759. The van der Waals surface area contributed by atoms with Crippen molar-refractivity contribution < 1.29 is 4.74 Å². The number of ether oxygens (including phenoxy) is 1. The smallest absolute Gasteiger partial charge is 0.137 e. The Hall–Kier alpha value is -1.12. The van der Waals surface area contributed by atoms with Gasteiger partial charge in [0.05, 0.1) is 0 Å². The molecule has 0 amide bonds. The van der Waals surface area contributed by atoms with Gasteiger partial charge in [0.1, 0.15) is 17.9 Å². The molecule has 1 aliphatic carbocycles. The highest BCUT2D eigenvalue weighted by Crippen LogP contribution is 2.40.